The average Bonchev–Trinajstić information content (AvgIpc) is 3.04. The van der Waals surface area contributed by atoms with E-state index >= 15 is 0 Å². The summed E-state index contributed by atoms with van der Waals surface area (Å²) in [7, 11) is 0. The van der Waals surface area contributed by atoms with Gasteiger partial charge in [0.05, 0.1) is 17.2 Å². The fourth-order valence-corrected chi connectivity index (χ4v) is 3.69. The maximum absolute atomic E-state index is 14.8. The standard InChI is InChI=1S/C24H14F5NO3/c25-15-10-8-13(9-11-15)21(31)19-20(17-6-1-2-7-18(17)26)30(23(33)22(19)32)16-5-3-4-14(12-16)24(27,28)29/h1-12,20,31H/b21-19+. The van der Waals surface area contributed by atoms with E-state index in [1.54, 1.807) is 0 Å². The zero-order valence-corrected chi connectivity index (χ0v) is 16.6. The number of amides is 1. The molecule has 1 fully saturated rings. The molecular formula is C24H14F5NO3. The third-order valence-electron chi connectivity index (χ3n) is 5.21. The summed E-state index contributed by atoms with van der Waals surface area (Å²) in [6.45, 7) is 0. The van der Waals surface area contributed by atoms with Crippen LogP contribution in [0.3, 0.4) is 0 Å². The number of carbonyl (C=O) groups is 2. The van der Waals surface area contributed by atoms with Gasteiger partial charge in [0, 0.05) is 16.8 Å². The molecule has 9 heteroatoms. The zero-order valence-electron chi connectivity index (χ0n) is 16.6. The van der Waals surface area contributed by atoms with Gasteiger partial charge in [0.1, 0.15) is 17.4 Å². The average molecular weight is 459 g/mol. The van der Waals surface area contributed by atoms with E-state index in [9.17, 15) is 36.6 Å². The quantitative estimate of drug-likeness (QED) is 0.240. The minimum absolute atomic E-state index is 0.0280. The number of aliphatic hydroxyl groups is 1. The predicted molar refractivity (Wildman–Crippen MR) is 109 cm³/mol. The SMILES string of the molecule is O=C1C(=O)N(c2cccc(C(F)(F)F)c2)C(c2ccccc2F)/C1=C(\O)c1ccc(F)cc1. The third kappa shape index (κ3) is 3.97. The second kappa shape index (κ2) is 8.16. The summed E-state index contributed by atoms with van der Waals surface area (Å²) in [6.07, 6.45) is -4.73. The molecule has 1 aliphatic rings. The predicted octanol–water partition coefficient (Wildman–Crippen LogP) is 5.61. The van der Waals surface area contributed by atoms with E-state index < -0.39 is 52.4 Å². The van der Waals surface area contributed by atoms with Crippen LogP contribution in [0.1, 0.15) is 22.7 Å². The van der Waals surface area contributed by atoms with E-state index in [1.165, 1.54) is 24.3 Å². The largest absolute Gasteiger partial charge is 0.507 e. The molecule has 1 amide bonds. The van der Waals surface area contributed by atoms with Crippen LogP contribution < -0.4 is 4.90 Å². The van der Waals surface area contributed by atoms with Gasteiger partial charge in [-0.1, -0.05) is 24.3 Å². The Labute approximate surface area is 184 Å². The second-order valence-corrected chi connectivity index (χ2v) is 7.25. The molecule has 0 spiro atoms. The van der Waals surface area contributed by atoms with Gasteiger partial charge in [0.25, 0.3) is 11.7 Å². The topological polar surface area (TPSA) is 57.6 Å². The van der Waals surface area contributed by atoms with Crippen molar-refractivity contribution in [3.8, 4) is 0 Å². The van der Waals surface area contributed by atoms with Crippen molar-refractivity contribution in [2.24, 2.45) is 0 Å². The molecule has 1 heterocycles. The molecule has 4 rings (SSSR count). The summed E-state index contributed by atoms with van der Waals surface area (Å²) in [6, 6.07) is 11.5. The van der Waals surface area contributed by atoms with Gasteiger partial charge in [-0.05, 0) is 48.5 Å². The summed E-state index contributed by atoms with van der Waals surface area (Å²) < 4.78 is 67.9. The first-order valence-corrected chi connectivity index (χ1v) is 9.58. The number of halogens is 5. The van der Waals surface area contributed by atoms with E-state index in [0.717, 1.165) is 42.5 Å². The maximum atomic E-state index is 14.8. The summed E-state index contributed by atoms with van der Waals surface area (Å²) in [4.78, 5) is 26.6. The molecule has 168 valence electrons. The molecule has 1 unspecified atom stereocenters. The monoisotopic (exact) mass is 459 g/mol. The number of carbonyl (C=O) groups excluding carboxylic acids is 2. The molecular weight excluding hydrogens is 445 g/mol. The molecule has 0 radical (unpaired) electrons. The minimum Gasteiger partial charge on any atom is -0.507 e. The van der Waals surface area contributed by atoms with Crippen molar-refractivity contribution in [3.63, 3.8) is 0 Å². The van der Waals surface area contributed by atoms with Gasteiger partial charge in [0.15, 0.2) is 0 Å². The lowest BCUT2D eigenvalue weighted by Gasteiger charge is -2.26. The van der Waals surface area contributed by atoms with Crippen LogP contribution in [0, 0.1) is 11.6 Å². The zero-order chi connectivity index (χ0) is 23.9. The van der Waals surface area contributed by atoms with Crippen LogP contribution in [-0.4, -0.2) is 16.8 Å². The molecule has 0 aliphatic carbocycles. The Balaban J connectivity index is 1.97. The van der Waals surface area contributed by atoms with Crippen LogP contribution in [0.15, 0.2) is 78.4 Å². The Morgan fingerprint density at radius 2 is 1.55 bits per heavy atom. The van der Waals surface area contributed by atoms with Crippen LogP contribution in [0.2, 0.25) is 0 Å². The normalized spacial score (nSPS) is 18.1. The number of Topliss-reactive ketones (excluding diaryl/α,β-unsaturated/α-hetero) is 1. The van der Waals surface area contributed by atoms with Crippen LogP contribution in [0.4, 0.5) is 27.6 Å². The summed E-state index contributed by atoms with van der Waals surface area (Å²) in [5.41, 5.74) is -2.15. The molecule has 1 atom stereocenters. The fraction of sp³-hybridized carbons (Fsp3) is 0.0833. The van der Waals surface area contributed by atoms with Crippen molar-refractivity contribution in [1.82, 2.24) is 0 Å². The number of aliphatic hydroxyl groups excluding tert-OH is 1. The Morgan fingerprint density at radius 3 is 2.18 bits per heavy atom. The minimum atomic E-state index is -4.73. The van der Waals surface area contributed by atoms with E-state index in [-0.39, 0.29) is 16.8 Å². The van der Waals surface area contributed by atoms with Crippen molar-refractivity contribution in [2.45, 2.75) is 12.2 Å². The van der Waals surface area contributed by atoms with E-state index in [1.807, 2.05) is 0 Å². The highest BCUT2D eigenvalue weighted by Gasteiger charge is 2.48. The van der Waals surface area contributed by atoms with Crippen LogP contribution in [0.25, 0.3) is 5.76 Å². The second-order valence-electron chi connectivity index (χ2n) is 7.25. The number of anilines is 1. The third-order valence-corrected chi connectivity index (χ3v) is 5.21. The lowest BCUT2D eigenvalue weighted by molar-refractivity contribution is -0.137. The molecule has 33 heavy (non-hydrogen) atoms. The van der Waals surface area contributed by atoms with E-state index in [4.69, 9.17) is 0 Å². The number of rotatable bonds is 3. The number of hydrogen-bond donors (Lipinski definition) is 1. The molecule has 0 saturated carbocycles. The maximum Gasteiger partial charge on any atom is 0.416 e. The summed E-state index contributed by atoms with van der Waals surface area (Å²) >= 11 is 0. The van der Waals surface area contributed by atoms with Crippen molar-refractivity contribution in [2.75, 3.05) is 4.90 Å². The molecule has 4 nitrogen and oxygen atoms in total. The van der Waals surface area contributed by atoms with Gasteiger partial charge >= 0.3 is 6.18 Å². The Kier molecular flexibility index (Phi) is 5.49. The lowest BCUT2D eigenvalue weighted by Crippen LogP contribution is -2.30. The number of nitrogens with zero attached hydrogens (tertiary/aromatic N) is 1. The number of ketones is 1. The number of benzene rings is 3. The molecule has 3 aromatic rings. The van der Waals surface area contributed by atoms with Crippen LogP contribution >= 0.6 is 0 Å². The van der Waals surface area contributed by atoms with Gasteiger partial charge in [-0.25, -0.2) is 8.78 Å². The van der Waals surface area contributed by atoms with Gasteiger partial charge < -0.3 is 5.11 Å². The van der Waals surface area contributed by atoms with Gasteiger partial charge in [-0.3, -0.25) is 14.5 Å². The van der Waals surface area contributed by atoms with Crippen molar-refractivity contribution >= 4 is 23.1 Å². The highest BCUT2D eigenvalue weighted by atomic mass is 19.4. The van der Waals surface area contributed by atoms with E-state index in [2.05, 4.69) is 0 Å². The van der Waals surface area contributed by atoms with Crippen LogP contribution in [0.5, 0.6) is 0 Å². The molecule has 3 aromatic carbocycles. The highest BCUT2D eigenvalue weighted by Crippen LogP contribution is 2.44. The first-order valence-electron chi connectivity index (χ1n) is 9.58. The Hall–Kier alpha value is -4.01. The lowest BCUT2D eigenvalue weighted by atomic mass is 9.94. The number of hydrogen-bond acceptors (Lipinski definition) is 3. The molecule has 0 bridgehead atoms. The molecule has 1 aliphatic heterocycles. The van der Waals surface area contributed by atoms with Crippen molar-refractivity contribution in [1.29, 1.82) is 0 Å². The Morgan fingerprint density at radius 1 is 0.879 bits per heavy atom. The first-order chi connectivity index (χ1) is 15.6. The molecule has 1 N–H and O–H groups in total. The van der Waals surface area contributed by atoms with Gasteiger partial charge in [-0.2, -0.15) is 13.2 Å². The van der Waals surface area contributed by atoms with Gasteiger partial charge in [-0.15, -0.1) is 0 Å². The summed E-state index contributed by atoms with van der Waals surface area (Å²) in [5.74, 6) is -4.64. The van der Waals surface area contributed by atoms with Crippen molar-refractivity contribution in [3.05, 3.63) is 107 Å². The number of alkyl halides is 3. The van der Waals surface area contributed by atoms with Crippen LogP contribution in [-0.2, 0) is 15.8 Å². The highest BCUT2D eigenvalue weighted by molar-refractivity contribution is 6.51. The molecule has 0 aromatic heterocycles. The fourth-order valence-electron chi connectivity index (χ4n) is 3.69. The van der Waals surface area contributed by atoms with Crippen molar-refractivity contribution < 1.29 is 36.6 Å². The summed E-state index contributed by atoms with van der Waals surface area (Å²) in [5, 5.41) is 10.8. The van der Waals surface area contributed by atoms with Gasteiger partial charge in [0.2, 0.25) is 0 Å². The molecule has 1 saturated heterocycles. The first kappa shape index (κ1) is 22.2. The Bertz CT molecular complexity index is 1280. The smallest absolute Gasteiger partial charge is 0.416 e. The van der Waals surface area contributed by atoms with E-state index in [0.29, 0.717) is 11.0 Å².